The van der Waals surface area contributed by atoms with Gasteiger partial charge in [0.2, 0.25) is 0 Å². The molecule has 0 spiro atoms. The van der Waals surface area contributed by atoms with E-state index in [1.54, 1.807) is 10.8 Å². The van der Waals surface area contributed by atoms with E-state index in [1.807, 2.05) is 0 Å². The third-order valence-corrected chi connectivity index (χ3v) is 4.19. The Morgan fingerprint density at radius 3 is 1.50 bits per heavy atom. The molecule has 0 bridgehead atoms. The summed E-state index contributed by atoms with van der Waals surface area (Å²) < 4.78 is 22.5. The maximum Gasteiger partial charge on any atom is 0.0462 e. The van der Waals surface area contributed by atoms with Gasteiger partial charge in [0, 0.05) is 43.9 Å². The van der Waals surface area contributed by atoms with Gasteiger partial charge in [-0.2, -0.15) is 0 Å². The van der Waals surface area contributed by atoms with Crippen molar-refractivity contribution < 1.29 is 8.42 Å². The van der Waals surface area contributed by atoms with E-state index < -0.39 is 21.6 Å². The summed E-state index contributed by atoms with van der Waals surface area (Å²) in [5.74, 6) is 1.38. The van der Waals surface area contributed by atoms with Gasteiger partial charge in [0.25, 0.3) is 0 Å². The third kappa shape index (κ3) is 8.63. The number of hydrogen-bond donors (Lipinski definition) is 0. The van der Waals surface area contributed by atoms with Gasteiger partial charge in [-0.3, -0.25) is 8.42 Å². The number of unbranched alkanes of at least 4 members (excludes halogenated alkanes) is 2. The van der Waals surface area contributed by atoms with E-state index in [9.17, 15) is 8.42 Å². The second kappa shape index (κ2) is 9.59. The fraction of sp³-hybridized carbons (Fsp3) is 0.800. The molecule has 0 aromatic heterocycles. The minimum Gasteiger partial charge on any atom is -0.255 e. The molecular formula is C10H20O2S2. The number of rotatable bonds is 8. The van der Waals surface area contributed by atoms with Crippen LogP contribution in [-0.4, -0.2) is 19.9 Å². The first-order valence-corrected chi connectivity index (χ1v) is 7.89. The van der Waals surface area contributed by atoms with E-state index in [0.29, 0.717) is 11.5 Å². The second-order valence-corrected chi connectivity index (χ2v) is 6.03. The second-order valence-electron chi connectivity index (χ2n) is 3.15. The first-order valence-electron chi connectivity index (χ1n) is 5.13. The van der Waals surface area contributed by atoms with E-state index >= 15 is 0 Å². The van der Waals surface area contributed by atoms with Gasteiger partial charge in [-0.25, -0.2) is 0 Å². The van der Waals surface area contributed by atoms with Gasteiger partial charge in [-0.1, -0.05) is 26.7 Å². The summed E-state index contributed by atoms with van der Waals surface area (Å²) in [5.41, 5.74) is 0. The summed E-state index contributed by atoms with van der Waals surface area (Å²) in [6.45, 7) is 4.14. The molecule has 0 saturated carbocycles. The summed E-state index contributed by atoms with van der Waals surface area (Å²) in [7, 11) is -1.84. The van der Waals surface area contributed by atoms with Gasteiger partial charge < -0.3 is 0 Å². The van der Waals surface area contributed by atoms with Crippen LogP contribution in [0.5, 0.6) is 0 Å². The first kappa shape index (κ1) is 14.0. The Balaban J connectivity index is 3.68. The lowest BCUT2D eigenvalue weighted by atomic mass is 10.4. The van der Waals surface area contributed by atoms with Crippen LogP contribution in [0.1, 0.15) is 39.5 Å². The maximum absolute atomic E-state index is 11.3. The lowest BCUT2D eigenvalue weighted by molar-refractivity contribution is 0.682. The molecule has 0 radical (unpaired) electrons. The average Bonchev–Trinajstić information content (AvgIpc) is 2.20. The van der Waals surface area contributed by atoms with Crippen molar-refractivity contribution in [3.8, 4) is 0 Å². The van der Waals surface area contributed by atoms with Gasteiger partial charge >= 0.3 is 0 Å². The summed E-state index contributed by atoms with van der Waals surface area (Å²) in [4.78, 5) is 0. The van der Waals surface area contributed by atoms with Crippen LogP contribution >= 0.6 is 0 Å². The smallest absolute Gasteiger partial charge is 0.0462 e. The summed E-state index contributed by atoms with van der Waals surface area (Å²) in [6.07, 6.45) is 4.05. The molecule has 14 heavy (non-hydrogen) atoms. The highest BCUT2D eigenvalue weighted by atomic mass is 32.2. The Kier molecular flexibility index (Phi) is 9.62. The molecule has 0 unspecified atom stereocenters. The maximum atomic E-state index is 11.3. The molecule has 2 atom stereocenters. The minimum atomic E-state index is -0.920. The molecule has 0 aliphatic heterocycles. The van der Waals surface area contributed by atoms with Crippen molar-refractivity contribution in [2.24, 2.45) is 0 Å². The van der Waals surface area contributed by atoms with Gasteiger partial charge in [-0.15, -0.1) is 0 Å². The monoisotopic (exact) mass is 236 g/mol. The molecule has 0 rings (SSSR count). The summed E-state index contributed by atoms with van der Waals surface area (Å²) in [6, 6.07) is 0. The normalized spacial score (nSPS) is 15.9. The molecule has 0 aliphatic carbocycles. The zero-order valence-electron chi connectivity index (χ0n) is 9.03. The van der Waals surface area contributed by atoms with Crippen molar-refractivity contribution in [3.05, 3.63) is 10.8 Å². The molecule has 0 heterocycles. The van der Waals surface area contributed by atoms with E-state index in [1.165, 1.54) is 0 Å². The standard InChI is InChI=1S/C10H20O2S2/c1-3-5-7-13(11)9-10-14(12)8-6-4-2/h9-10H,3-8H2,1-2H3/b10-9-/t13-,14+. The summed E-state index contributed by atoms with van der Waals surface area (Å²) in [5, 5.41) is 3.17. The molecule has 0 amide bonds. The van der Waals surface area contributed by atoms with Crippen LogP contribution in [0.4, 0.5) is 0 Å². The molecule has 0 saturated heterocycles. The van der Waals surface area contributed by atoms with Crippen LogP contribution in [0.2, 0.25) is 0 Å². The van der Waals surface area contributed by atoms with Gasteiger partial charge in [-0.05, 0) is 12.8 Å². The van der Waals surface area contributed by atoms with E-state index in [4.69, 9.17) is 0 Å². The lowest BCUT2D eigenvalue weighted by Gasteiger charge is -1.94. The highest BCUT2D eigenvalue weighted by Gasteiger charge is 1.96. The highest BCUT2D eigenvalue weighted by molar-refractivity contribution is 7.91. The molecule has 84 valence electrons. The van der Waals surface area contributed by atoms with Crippen LogP contribution in [0.15, 0.2) is 10.8 Å². The molecule has 0 N–H and O–H groups in total. The zero-order chi connectivity index (χ0) is 10.8. The van der Waals surface area contributed by atoms with Crippen LogP contribution in [0.3, 0.4) is 0 Å². The molecule has 0 aromatic rings. The largest absolute Gasteiger partial charge is 0.255 e. The fourth-order valence-corrected chi connectivity index (χ4v) is 3.24. The van der Waals surface area contributed by atoms with Crippen LogP contribution in [0, 0.1) is 0 Å². The van der Waals surface area contributed by atoms with Gasteiger partial charge in [0.05, 0.1) is 0 Å². The highest BCUT2D eigenvalue weighted by Crippen LogP contribution is 1.97. The van der Waals surface area contributed by atoms with Crippen molar-refractivity contribution in [3.63, 3.8) is 0 Å². The van der Waals surface area contributed by atoms with Crippen molar-refractivity contribution in [1.29, 1.82) is 0 Å². The first-order chi connectivity index (χ1) is 6.70. The third-order valence-electron chi connectivity index (χ3n) is 1.76. The molecule has 0 aromatic carbocycles. The Bertz CT molecular complexity index is 190. The predicted molar refractivity (Wildman–Crippen MR) is 65.0 cm³/mol. The molecular weight excluding hydrogens is 216 g/mol. The fourth-order valence-electron chi connectivity index (χ4n) is 0.833. The predicted octanol–water partition coefficient (Wildman–Crippen LogP) is 2.56. The Morgan fingerprint density at radius 2 is 1.21 bits per heavy atom. The van der Waals surface area contributed by atoms with Crippen molar-refractivity contribution in [1.82, 2.24) is 0 Å². The van der Waals surface area contributed by atoms with Crippen molar-refractivity contribution >= 4 is 21.6 Å². The Labute approximate surface area is 92.1 Å². The Morgan fingerprint density at radius 1 is 0.857 bits per heavy atom. The van der Waals surface area contributed by atoms with Gasteiger partial charge in [0.15, 0.2) is 0 Å². The summed E-state index contributed by atoms with van der Waals surface area (Å²) >= 11 is 0. The van der Waals surface area contributed by atoms with E-state index in [0.717, 1.165) is 25.7 Å². The van der Waals surface area contributed by atoms with Crippen LogP contribution in [0.25, 0.3) is 0 Å². The van der Waals surface area contributed by atoms with Crippen molar-refractivity contribution in [2.45, 2.75) is 39.5 Å². The van der Waals surface area contributed by atoms with Crippen LogP contribution < -0.4 is 0 Å². The van der Waals surface area contributed by atoms with Crippen LogP contribution in [-0.2, 0) is 21.6 Å². The van der Waals surface area contributed by atoms with E-state index in [2.05, 4.69) is 13.8 Å². The quantitative estimate of drug-likeness (QED) is 0.649. The lowest BCUT2D eigenvalue weighted by Crippen LogP contribution is -1.95. The molecule has 0 fully saturated rings. The van der Waals surface area contributed by atoms with Crippen molar-refractivity contribution in [2.75, 3.05) is 11.5 Å². The van der Waals surface area contributed by atoms with E-state index in [-0.39, 0.29) is 0 Å². The topological polar surface area (TPSA) is 34.1 Å². The molecule has 0 aliphatic rings. The van der Waals surface area contributed by atoms with Gasteiger partial charge in [0.1, 0.15) is 0 Å². The number of hydrogen-bond acceptors (Lipinski definition) is 2. The minimum absolute atomic E-state index is 0.692. The SMILES string of the molecule is CCCC[S@](=O)/C=C\[S@](=O)CCCC. The molecule has 4 heteroatoms. The molecule has 2 nitrogen and oxygen atoms in total. The average molecular weight is 236 g/mol. The Hall–Kier alpha value is 0.0400. The zero-order valence-corrected chi connectivity index (χ0v) is 10.7.